The van der Waals surface area contributed by atoms with Crippen molar-refractivity contribution in [3.8, 4) is 0 Å². The van der Waals surface area contributed by atoms with E-state index < -0.39 is 17.2 Å². The number of benzene rings is 2. The zero-order valence-corrected chi connectivity index (χ0v) is 16.0. The van der Waals surface area contributed by atoms with Crippen LogP contribution < -0.4 is 16.2 Å². The van der Waals surface area contributed by atoms with Crippen molar-refractivity contribution < 1.29 is 14.0 Å². The zero-order chi connectivity index (χ0) is 20.1. The van der Waals surface area contributed by atoms with Crippen molar-refractivity contribution in [2.24, 2.45) is 5.92 Å². The van der Waals surface area contributed by atoms with Gasteiger partial charge in [-0.1, -0.05) is 30.3 Å². The number of carbonyl (C=O) groups is 2. The van der Waals surface area contributed by atoms with Gasteiger partial charge in [0.15, 0.2) is 6.29 Å². The Morgan fingerprint density at radius 1 is 1.21 bits per heavy atom. The van der Waals surface area contributed by atoms with Gasteiger partial charge in [0.25, 0.3) is 0 Å². The van der Waals surface area contributed by atoms with Crippen LogP contribution in [0.5, 0.6) is 0 Å². The monoisotopic (exact) mass is 381 g/mol. The van der Waals surface area contributed by atoms with E-state index in [-0.39, 0.29) is 5.82 Å². The second kappa shape index (κ2) is 8.35. The van der Waals surface area contributed by atoms with Crippen LogP contribution in [0.2, 0.25) is 0 Å². The molecule has 1 aliphatic heterocycles. The SMILES string of the molecule is CC(NNc1ccc(F)cc1)=C1CNC(C)(Cc2ccccc2)C1C(=O)C=O. The molecular weight excluding hydrogens is 357 g/mol. The van der Waals surface area contributed by atoms with E-state index in [0.717, 1.165) is 16.8 Å². The molecule has 1 heterocycles. The lowest BCUT2D eigenvalue weighted by atomic mass is 9.77. The third-order valence-corrected chi connectivity index (χ3v) is 5.20. The van der Waals surface area contributed by atoms with E-state index in [1.54, 1.807) is 12.1 Å². The first-order valence-corrected chi connectivity index (χ1v) is 9.18. The van der Waals surface area contributed by atoms with E-state index in [0.29, 0.717) is 24.9 Å². The van der Waals surface area contributed by atoms with Gasteiger partial charge < -0.3 is 16.2 Å². The summed E-state index contributed by atoms with van der Waals surface area (Å²) in [6.45, 7) is 4.32. The minimum atomic E-state index is -0.562. The molecule has 0 bridgehead atoms. The van der Waals surface area contributed by atoms with E-state index in [4.69, 9.17) is 0 Å². The number of Topliss-reactive ketones (excluding diaryl/α,β-unsaturated/α-hetero) is 1. The van der Waals surface area contributed by atoms with E-state index >= 15 is 0 Å². The summed E-state index contributed by atoms with van der Waals surface area (Å²) in [7, 11) is 0. The Bertz CT molecular complexity index is 880. The van der Waals surface area contributed by atoms with Crippen molar-refractivity contribution in [3.63, 3.8) is 0 Å². The van der Waals surface area contributed by atoms with Crippen molar-refractivity contribution >= 4 is 17.8 Å². The number of anilines is 1. The number of hydrogen-bond acceptors (Lipinski definition) is 5. The summed E-state index contributed by atoms with van der Waals surface area (Å²) < 4.78 is 13.0. The number of nitrogens with one attached hydrogen (secondary N) is 3. The van der Waals surface area contributed by atoms with Crippen molar-refractivity contribution in [2.75, 3.05) is 12.0 Å². The molecule has 1 saturated heterocycles. The highest BCUT2D eigenvalue weighted by atomic mass is 19.1. The minimum Gasteiger partial charge on any atom is -0.306 e. The molecule has 2 unspecified atom stereocenters. The first kappa shape index (κ1) is 19.8. The third kappa shape index (κ3) is 4.28. The number of halogens is 1. The van der Waals surface area contributed by atoms with Gasteiger partial charge in [0.05, 0.1) is 11.6 Å². The predicted molar refractivity (Wildman–Crippen MR) is 107 cm³/mol. The third-order valence-electron chi connectivity index (χ3n) is 5.20. The normalized spacial score (nSPS) is 23.2. The fourth-order valence-corrected chi connectivity index (χ4v) is 3.75. The van der Waals surface area contributed by atoms with Crippen LogP contribution in [0.25, 0.3) is 0 Å². The molecule has 3 N–H and O–H groups in total. The molecule has 0 aromatic heterocycles. The quantitative estimate of drug-likeness (QED) is 0.391. The Morgan fingerprint density at radius 2 is 1.89 bits per heavy atom. The van der Waals surface area contributed by atoms with Crippen LogP contribution >= 0.6 is 0 Å². The van der Waals surface area contributed by atoms with Crippen molar-refractivity contribution in [1.29, 1.82) is 0 Å². The maximum Gasteiger partial charge on any atom is 0.204 e. The lowest BCUT2D eigenvalue weighted by molar-refractivity contribution is -0.132. The van der Waals surface area contributed by atoms with Crippen LogP contribution in [0.15, 0.2) is 65.9 Å². The van der Waals surface area contributed by atoms with E-state index in [1.165, 1.54) is 12.1 Å². The second-order valence-corrected chi connectivity index (χ2v) is 7.29. The molecule has 0 saturated carbocycles. The molecule has 1 aliphatic rings. The number of aldehydes is 1. The summed E-state index contributed by atoms with van der Waals surface area (Å²) in [6, 6.07) is 15.8. The smallest absolute Gasteiger partial charge is 0.204 e. The van der Waals surface area contributed by atoms with E-state index in [1.807, 2.05) is 44.2 Å². The number of hydrogen-bond donors (Lipinski definition) is 3. The van der Waals surface area contributed by atoms with Gasteiger partial charge >= 0.3 is 0 Å². The zero-order valence-electron chi connectivity index (χ0n) is 16.0. The summed E-state index contributed by atoms with van der Waals surface area (Å²) in [5, 5.41) is 3.43. The summed E-state index contributed by atoms with van der Waals surface area (Å²) in [5.74, 6) is -1.32. The fourth-order valence-electron chi connectivity index (χ4n) is 3.75. The van der Waals surface area contributed by atoms with Gasteiger partial charge in [-0.05, 0) is 55.7 Å². The van der Waals surface area contributed by atoms with Crippen LogP contribution in [-0.4, -0.2) is 24.2 Å². The lowest BCUT2D eigenvalue weighted by Crippen LogP contribution is -2.47. The molecule has 0 radical (unpaired) electrons. The average Bonchev–Trinajstić information content (AvgIpc) is 3.04. The molecule has 146 valence electrons. The highest BCUT2D eigenvalue weighted by Gasteiger charge is 2.46. The summed E-state index contributed by atoms with van der Waals surface area (Å²) >= 11 is 0. The summed E-state index contributed by atoms with van der Waals surface area (Å²) in [6.07, 6.45) is 1.03. The van der Waals surface area contributed by atoms with Crippen molar-refractivity contribution in [2.45, 2.75) is 25.8 Å². The Labute approximate surface area is 164 Å². The van der Waals surface area contributed by atoms with Crippen LogP contribution in [0.4, 0.5) is 10.1 Å². The standard InChI is InChI=1S/C22H24FN3O2/c1-15(25-26-18-10-8-17(23)9-11-18)19-13-24-22(2,21(19)20(28)14-27)12-16-6-4-3-5-7-16/h3-11,14,21,24-26H,12-13H2,1-2H3. The topological polar surface area (TPSA) is 70.2 Å². The molecule has 3 rings (SSSR count). The lowest BCUT2D eigenvalue weighted by Gasteiger charge is -2.30. The maximum atomic E-state index is 13.0. The number of ketones is 1. The van der Waals surface area contributed by atoms with Gasteiger partial charge in [-0.15, -0.1) is 0 Å². The van der Waals surface area contributed by atoms with Gasteiger partial charge in [0.2, 0.25) is 5.78 Å². The molecule has 2 aromatic carbocycles. The minimum absolute atomic E-state index is 0.311. The molecular formula is C22H24FN3O2. The summed E-state index contributed by atoms with van der Waals surface area (Å²) in [5.41, 5.74) is 8.89. The molecule has 28 heavy (non-hydrogen) atoms. The van der Waals surface area contributed by atoms with Gasteiger partial charge in [-0.25, -0.2) is 4.39 Å². The molecule has 0 aliphatic carbocycles. The van der Waals surface area contributed by atoms with Gasteiger partial charge in [-0.3, -0.25) is 9.59 Å². The predicted octanol–water partition coefficient (Wildman–Crippen LogP) is 3.01. The second-order valence-electron chi connectivity index (χ2n) is 7.29. The maximum absolute atomic E-state index is 13.0. The first-order chi connectivity index (χ1) is 13.4. The Morgan fingerprint density at radius 3 is 2.54 bits per heavy atom. The Kier molecular flexibility index (Phi) is 5.90. The van der Waals surface area contributed by atoms with Crippen LogP contribution in [0.3, 0.4) is 0 Å². The number of rotatable bonds is 7. The number of hydrazine groups is 1. The van der Waals surface area contributed by atoms with Crippen LogP contribution in [0.1, 0.15) is 19.4 Å². The van der Waals surface area contributed by atoms with E-state index in [9.17, 15) is 14.0 Å². The first-order valence-electron chi connectivity index (χ1n) is 9.18. The number of carbonyl (C=O) groups excluding carboxylic acids is 2. The highest BCUT2D eigenvalue weighted by molar-refractivity contribution is 6.27. The van der Waals surface area contributed by atoms with Crippen LogP contribution in [0, 0.1) is 11.7 Å². The fraction of sp³-hybridized carbons (Fsp3) is 0.273. The molecule has 1 fully saturated rings. The largest absolute Gasteiger partial charge is 0.306 e. The Hall–Kier alpha value is -2.99. The van der Waals surface area contributed by atoms with Gasteiger partial charge in [0, 0.05) is 17.8 Å². The van der Waals surface area contributed by atoms with Crippen molar-refractivity contribution in [1.82, 2.24) is 10.7 Å². The number of allylic oxidation sites excluding steroid dienone is 1. The molecule has 0 amide bonds. The molecule has 2 atom stereocenters. The molecule has 0 spiro atoms. The molecule has 6 heteroatoms. The Balaban J connectivity index is 1.82. The molecule has 2 aromatic rings. The van der Waals surface area contributed by atoms with Gasteiger partial charge in [-0.2, -0.15) is 0 Å². The van der Waals surface area contributed by atoms with Crippen LogP contribution in [-0.2, 0) is 16.0 Å². The van der Waals surface area contributed by atoms with Gasteiger partial charge in [0.1, 0.15) is 5.82 Å². The van der Waals surface area contributed by atoms with Crippen molar-refractivity contribution in [3.05, 3.63) is 77.2 Å². The summed E-state index contributed by atoms with van der Waals surface area (Å²) in [4.78, 5) is 23.9. The molecule has 5 nitrogen and oxygen atoms in total. The average molecular weight is 381 g/mol. The van der Waals surface area contributed by atoms with E-state index in [2.05, 4.69) is 16.2 Å². The highest BCUT2D eigenvalue weighted by Crippen LogP contribution is 2.35.